The summed E-state index contributed by atoms with van der Waals surface area (Å²) in [6, 6.07) is 9.09. The van der Waals surface area contributed by atoms with Gasteiger partial charge in [-0.3, -0.25) is 0 Å². The Morgan fingerprint density at radius 3 is 2.33 bits per heavy atom. The van der Waals surface area contributed by atoms with E-state index in [0.29, 0.717) is 5.75 Å². The fourth-order valence-corrected chi connectivity index (χ4v) is 1.87. The molecular formula is C9H10O5S. The van der Waals surface area contributed by atoms with Crippen LogP contribution in [0.5, 0.6) is 5.75 Å². The molecule has 15 heavy (non-hydrogen) atoms. The van der Waals surface area contributed by atoms with Gasteiger partial charge in [-0.1, -0.05) is 18.2 Å². The van der Waals surface area contributed by atoms with E-state index in [4.69, 9.17) is 4.74 Å². The maximum Gasteiger partial charge on any atom is 0.400 e. The van der Waals surface area contributed by atoms with Gasteiger partial charge in [-0.15, -0.1) is 0 Å². The minimum absolute atomic E-state index is 0.0166. The summed E-state index contributed by atoms with van der Waals surface area (Å²) >= 11 is 0. The van der Waals surface area contributed by atoms with E-state index in [-0.39, 0.29) is 13.2 Å². The van der Waals surface area contributed by atoms with Crippen molar-refractivity contribution in [3.8, 4) is 5.75 Å². The number of hydrogen-bond acceptors (Lipinski definition) is 5. The predicted octanol–water partition coefficient (Wildman–Crippen LogP) is 0.726. The van der Waals surface area contributed by atoms with Crippen LogP contribution in [0.4, 0.5) is 0 Å². The van der Waals surface area contributed by atoms with Crippen LogP contribution >= 0.6 is 0 Å². The van der Waals surface area contributed by atoms with Gasteiger partial charge >= 0.3 is 10.4 Å². The Morgan fingerprint density at radius 2 is 1.73 bits per heavy atom. The van der Waals surface area contributed by atoms with E-state index < -0.39 is 16.5 Å². The standard InChI is InChI=1S/C9H10O5S/c10-15(11)12-6-9(7-13-15)14-8-4-2-1-3-5-8/h1-5,9H,6-7H2. The van der Waals surface area contributed by atoms with Crippen molar-refractivity contribution in [3.05, 3.63) is 30.3 Å². The van der Waals surface area contributed by atoms with Crippen LogP contribution in [0, 0.1) is 0 Å². The molecule has 1 aromatic carbocycles. The lowest BCUT2D eigenvalue weighted by molar-refractivity contribution is 0.0372. The van der Waals surface area contributed by atoms with E-state index in [1.165, 1.54) is 0 Å². The number of hydrogen-bond donors (Lipinski definition) is 0. The number of para-hydroxylation sites is 1. The number of ether oxygens (including phenoxy) is 1. The van der Waals surface area contributed by atoms with Gasteiger partial charge in [-0.05, 0) is 12.1 Å². The maximum absolute atomic E-state index is 10.7. The Labute approximate surface area is 87.9 Å². The second kappa shape index (κ2) is 4.18. The molecule has 0 aromatic heterocycles. The minimum Gasteiger partial charge on any atom is -0.485 e. The maximum atomic E-state index is 10.7. The van der Waals surface area contributed by atoms with Gasteiger partial charge in [0.05, 0.1) is 0 Å². The van der Waals surface area contributed by atoms with Crippen molar-refractivity contribution in [2.24, 2.45) is 0 Å². The fourth-order valence-electron chi connectivity index (χ4n) is 1.16. The molecule has 0 unspecified atom stereocenters. The van der Waals surface area contributed by atoms with Crippen LogP contribution in [-0.2, 0) is 18.8 Å². The quantitative estimate of drug-likeness (QED) is 0.749. The van der Waals surface area contributed by atoms with Gasteiger partial charge in [-0.2, -0.15) is 8.42 Å². The SMILES string of the molecule is O=S1(=O)OCC(Oc2ccccc2)CO1. The Hall–Kier alpha value is -1.11. The third-order valence-corrected chi connectivity index (χ3v) is 2.69. The second-order valence-electron chi connectivity index (χ2n) is 3.03. The number of rotatable bonds is 2. The topological polar surface area (TPSA) is 61.8 Å². The van der Waals surface area contributed by atoms with Gasteiger partial charge in [0.25, 0.3) is 0 Å². The highest BCUT2D eigenvalue weighted by atomic mass is 32.3. The summed E-state index contributed by atoms with van der Waals surface area (Å²) in [5, 5.41) is 0. The Morgan fingerprint density at radius 1 is 1.13 bits per heavy atom. The molecule has 5 nitrogen and oxygen atoms in total. The van der Waals surface area contributed by atoms with Gasteiger partial charge in [0.15, 0.2) is 0 Å². The fraction of sp³-hybridized carbons (Fsp3) is 0.333. The summed E-state index contributed by atoms with van der Waals surface area (Å²) in [7, 11) is -3.79. The highest BCUT2D eigenvalue weighted by Crippen LogP contribution is 2.15. The van der Waals surface area contributed by atoms with E-state index in [9.17, 15) is 8.42 Å². The molecule has 6 heteroatoms. The summed E-state index contributed by atoms with van der Waals surface area (Å²) in [6.45, 7) is -0.0333. The molecule has 2 rings (SSSR count). The van der Waals surface area contributed by atoms with Crippen LogP contribution in [0.1, 0.15) is 0 Å². The van der Waals surface area contributed by atoms with E-state index in [2.05, 4.69) is 8.37 Å². The molecule has 1 saturated heterocycles. The lowest BCUT2D eigenvalue weighted by Gasteiger charge is -2.22. The predicted molar refractivity (Wildman–Crippen MR) is 51.7 cm³/mol. The molecule has 0 saturated carbocycles. The molecule has 1 heterocycles. The van der Waals surface area contributed by atoms with Crippen molar-refractivity contribution in [1.29, 1.82) is 0 Å². The van der Waals surface area contributed by atoms with E-state index in [1.54, 1.807) is 12.1 Å². The van der Waals surface area contributed by atoms with Crippen molar-refractivity contribution in [1.82, 2.24) is 0 Å². The van der Waals surface area contributed by atoms with Gasteiger partial charge < -0.3 is 4.74 Å². The largest absolute Gasteiger partial charge is 0.485 e. The van der Waals surface area contributed by atoms with Crippen LogP contribution in [0.3, 0.4) is 0 Å². The van der Waals surface area contributed by atoms with E-state index in [0.717, 1.165) is 0 Å². The zero-order valence-corrected chi connectivity index (χ0v) is 8.64. The zero-order chi connectivity index (χ0) is 10.7. The van der Waals surface area contributed by atoms with Crippen molar-refractivity contribution in [2.75, 3.05) is 13.2 Å². The van der Waals surface area contributed by atoms with Crippen molar-refractivity contribution >= 4 is 10.4 Å². The molecule has 0 atom stereocenters. The van der Waals surface area contributed by atoms with Crippen LogP contribution < -0.4 is 4.74 Å². The lowest BCUT2D eigenvalue weighted by Crippen LogP contribution is -2.36. The molecule has 0 spiro atoms. The van der Waals surface area contributed by atoms with Crippen molar-refractivity contribution in [3.63, 3.8) is 0 Å². The first kappa shape index (κ1) is 10.4. The second-order valence-corrected chi connectivity index (χ2v) is 4.32. The third kappa shape index (κ3) is 2.92. The van der Waals surface area contributed by atoms with Gasteiger partial charge in [-0.25, -0.2) is 8.37 Å². The van der Waals surface area contributed by atoms with Crippen LogP contribution in [0.15, 0.2) is 30.3 Å². The summed E-state index contributed by atoms with van der Waals surface area (Å²) in [5.74, 6) is 0.661. The molecule has 0 amide bonds. The first-order valence-corrected chi connectivity index (χ1v) is 5.74. The average Bonchev–Trinajstić information content (AvgIpc) is 2.23. The number of benzene rings is 1. The normalized spacial score (nSPS) is 21.1. The summed E-state index contributed by atoms with van der Waals surface area (Å²) < 4.78 is 35.9. The molecule has 1 fully saturated rings. The Balaban J connectivity index is 1.93. The molecule has 0 radical (unpaired) electrons. The average molecular weight is 230 g/mol. The molecule has 0 bridgehead atoms. The minimum atomic E-state index is -3.79. The molecule has 0 aliphatic carbocycles. The van der Waals surface area contributed by atoms with Crippen LogP contribution in [-0.4, -0.2) is 27.7 Å². The summed E-state index contributed by atoms with van der Waals surface area (Å²) in [5.41, 5.74) is 0. The van der Waals surface area contributed by atoms with E-state index in [1.807, 2.05) is 18.2 Å². The molecule has 1 aliphatic heterocycles. The van der Waals surface area contributed by atoms with Gasteiger partial charge in [0.2, 0.25) is 0 Å². The van der Waals surface area contributed by atoms with Gasteiger partial charge in [0.1, 0.15) is 25.1 Å². The van der Waals surface area contributed by atoms with Crippen molar-refractivity contribution in [2.45, 2.75) is 6.10 Å². The highest BCUT2D eigenvalue weighted by Gasteiger charge is 2.26. The van der Waals surface area contributed by atoms with Gasteiger partial charge in [0, 0.05) is 0 Å². The third-order valence-electron chi connectivity index (χ3n) is 1.84. The molecule has 1 aromatic rings. The Kier molecular flexibility index (Phi) is 2.90. The van der Waals surface area contributed by atoms with Crippen LogP contribution in [0.25, 0.3) is 0 Å². The Bertz CT molecular complexity index is 399. The molecule has 1 aliphatic rings. The molecular weight excluding hydrogens is 220 g/mol. The van der Waals surface area contributed by atoms with Crippen LogP contribution in [0.2, 0.25) is 0 Å². The molecule has 0 N–H and O–H groups in total. The summed E-state index contributed by atoms with van der Waals surface area (Å²) in [6.07, 6.45) is -0.393. The smallest absolute Gasteiger partial charge is 0.400 e. The molecule has 82 valence electrons. The van der Waals surface area contributed by atoms with E-state index >= 15 is 0 Å². The first-order chi connectivity index (χ1) is 7.16. The summed E-state index contributed by atoms with van der Waals surface area (Å²) in [4.78, 5) is 0. The first-order valence-electron chi connectivity index (χ1n) is 4.41. The lowest BCUT2D eigenvalue weighted by atomic mass is 10.3. The zero-order valence-electron chi connectivity index (χ0n) is 7.83. The highest BCUT2D eigenvalue weighted by molar-refractivity contribution is 7.81. The van der Waals surface area contributed by atoms with Crippen molar-refractivity contribution < 1.29 is 21.5 Å². The monoisotopic (exact) mass is 230 g/mol.